The van der Waals surface area contributed by atoms with Gasteiger partial charge in [-0.15, -0.1) is 0 Å². The molecule has 3 heteroatoms. The van der Waals surface area contributed by atoms with Crippen molar-refractivity contribution in [2.45, 2.75) is 52.5 Å². The normalized spacial score (nSPS) is 13.3. The lowest BCUT2D eigenvalue weighted by Crippen LogP contribution is -2.24. The number of hydrogen-bond acceptors (Lipinski definition) is 2. The molecule has 0 saturated carbocycles. The first-order chi connectivity index (χ1) is 6.14. The minimum atomic E-state index is 0.000579. The molecular weight excluding hydrogens is 174 g/mol. The van der Waals surface area contributed by atoms with Crippen LogP contribution in [0.25, 0.3) is 0 Å². The van der Waals surface area contributed by atoms with Crippen LogP contribution in [0.5, 0.6) is 0 Å². The SMILES string of the molecule is CC(C)(C)c1ncn(C(C)(C)C)c1N. The number of hydrogen-bond donors (Lipinski definition) is 1. The third-order valence-electron chi connectivity index (χ3n) is 2.24. The molecule has 0 aliphatic carbocycles. The van der Waals surface area contributed by atoms with Crippen LogP contribution in [0.4, 0.5) is 5.82 Å². The topological polar surface area (TPSA) is 43.8 Å². The smallest absolute Gasteiger partial charge is 0.127 e. The average Bonchev–Trinajstić information content (AvgIpc) is 2.26. The second kappa shape index (κ2) is 3.01. The molecule has 3 nitrogen and oxygen atoms in total. The molecule has 1 rings (SSSR count). The first-order valence-electron chi connectivity index (χ1n) is 4.98. The van der Waals surface area contributed by atoms with Crippen molar-refractivity contribution in [2.75, 3.05) is 5.73 Å². The number of rotatable bonds is 0. The number of nitrogens with zero attached hydrogens (tertiary/aromatic N) is 2. The van der Waals surface area contributed by atoms with Gasteiger partial charge in [-0.1, -0.05) is 20.8 Å². The van der Waals surface area contributed by atoms with Crippen LogP contribution >= 0.6 is 0 Å². The Morgan fingerprint density at radius 1 is 1.14 bits per heavy atom. The molecule has 0 spiro atoms. The Labute approximate surface area is 86.3 Å². The van der Waals surface area contributed by atoms with E-state index in [1.54, 1.807) is 0 Å². The summed E-state index contributed by atoms with van der Waals surface area (Å²) in [4.78, 5) is 4.39. The van der Waals surface area contributed by atoms with Crippen LogP contribution in [0.15, 0.2) is 6.33 Å². The Hall–Kier alpha value is -0.990. The summed E-state index contributed by atoms with van der Waals surface area (Å²) in [5, 5.41) is 0. The maximum atomic E-state index is 6.08. The zero-order valence-electron chi connectivity index (χ0n) is 10.0. The number of anilines is 1. The molecule has 0 radical (unpaired) electrons. The molecule has 1 heterocycles. The highest BCUT2D eigenvalue weighted by Gasteiger charge is 2.25. The third kappa shape index (κ3) is 1.91. The monoisotopic (exact) mass is 195 g/mol. The Kier molecular flexibility index (Phi) is 2.38. The molecule has 14 heavy (non-hydrogen) atoms. The van der Waals surface area contributed by atoms with Gasteiger partial charge in [-0.2, -0.15) is 0 Å². The van der Waals surface area contributed by atoms with Crippen molar-refractivity contribution in [3.05, 3.63) is 12.0 Å². The fourth-order valence-electron chi connectivity index (χ4n) is 1.47. The minimum absolute atomic E-state index is 0.000579. The van der Waals surface area contributed by atoms with Crippen molar-refractivity contribution >= 4 is 5.82 Å². The molecule has 0 fully saturated rings. The Balaban J connectivity index is 3.23. The minimum Gasteiger partial charge on any atom is -0.384 e. The van der Waals surface area contributed by atoms with Crippen LogP contribution in [0, 0.1) is 0 Å². The Bertz CT molecular complexity index is 292. The van der Waals surface area contributed by atoms with E-state index in [0.717, 1.165) is 11.5 Å². The van der Waals surface area contributed by atoms with E-state index in [2.05, 4.69) is 46.5 Å². The quantitative estimate of drug-likeness (QED) is 0.691. The predicted octanol–water partition coefficient (Wildman–Crippen LogP) is 2.52. The summed E-state index contributed by atoms with van der Waals surface area (Å²) in [7, 11) is 0. The van der Waals surface area contributed by atoms with Gasteiger partial charge < -0.3 is 10.3 Å². The van der Waals surface area contributed by atoms with Crippen LogP contribution in [-0.4, -0.2) is 9.55 Å². The van der Waals surface area contributed by atoms with Gasteiger partial charge >= 0.3 is 0 Å². The molecule has 1 aromatic rings. The van der Waals surface area contributed by atoms with Crippen molar-refractivity contribution in [1.29, 1.82) is 0 Å². The van der Waals surface area contributed by atoms with E-state index in [1.807, 2.05) is 10.9 Å². The van der Waals surface area contributed by atoms with Crippen LogP contribution in [0.2, 0.25) is 0 Å². The van der Waals surface area contributed by atoms with Gasteiger partial charge in [-0.3, -0.25) is 0 Å². The lowest BCUT2D eigenvalue weighted by Gasteiger charge is -2.23. The van der Waals surface area contributed by atoms with Gasteiger partial charge in [0.1, 0.15) is 5.82 Å². The summed E-state index contributed by atoms with van der Waals surface area (Å²) in [6, 6.07) is 0. The van der Waals surface area contributed by atoms with Gasteiger partial charge in [0.15, 0.2) is 0 Å². The number of nitrogens with two attached hydrogens (primary N) is 1. The lowest BCUT2D eigenvalue weighted by molar-refractivity contribution is 0.401. The molecule has 2 N–H and O–H groups in total. The zero-order chi connectivity index (χ0) is 11.1. The molecule has 0 aliphatic heterocycles. The molecule has 0 saturated heterocycles. The average molecular weight is 195 g/mol. The highest BCUT2D eigenvalue weighted by Crippen LogP contribution is 2.29. The van der Waals surface area contributed by atoms with E-state index in [-0.39, 0.29) is 11.0 Å². The van der Waals surface area contributed by atoms with Crippen molar-refractivity contribution in [1.82, 2.24) is 9.55 Å². The highest BCUT2D eigenvalue weighted by atomic mass is 15.2. The highest BCUT2D eigenvalue weighted by molar-refractivity contribution is 5.41. The molecule has 0 atom stereocenters. The van der Waals surface area contributed by atoms with E-state index < -0.39 is 0 Å². The van der Waals surface area contributed by atoms with Gasteiger partial charge in [0, 0.05) is 11.0 Å². The largest absolute Gasteiger partial charge is 0.384 e. The Morgan fingerprint density at radius 3 is 1.86 bits per heavy atom. The fourth-order valence-corrected chi connectivity index (χ4v) is 1.47. The maximum Gasteiger partial charge on any atom is 0.127 e. The molecule has 0 aliphatic rings. The maximum absolute atomic E-state index is 6.08. The molecular formula is C11H21N3. The van der Waals surface area contributed by atoms with Gasteiger partial charge in [0.25, 0.3) is 0 Å². The fraction of sp³-hybridized carbons (Fsp3) is 0.727. The van der Waals surface area contributed by atoms with Crippen molar-refractivity contribution in [2.24, 2.45) is 0 Å². The lowest BCUT2D eigenvalue weighted by atomic mass is 9.92. The van der Waals surface area contributed by atoms with Gasteiger partial charge in [-0.25, -0.2) is 4.98 Å². The molecule has 0 unspecified atom stereocenters. The van der Waals surface area contributed by atoms with Crippen LogP contribution < -0.4 is 5.73 Å². The number of nitrogen functional groups attached to an aromatic ring is 1. The standard InChI is InChI=1S/C11H21N3/c1-10(2,3)8-9(12)14(7-13-8)11(4,5)6/h7H,12H2,1-6H3. The first-order valence-corrected chi connectivity index (χ1v) is 4.98. The van der Waals surface area contributed by atoms with E-state index in [9.17, 15) is 0 Å². The van der Waals surface area contributed by atoms with E-state index >= 15 is 0 Å². The van der Waals surface area contributed by atoms with Gasteiger partial charge in [0.2, 0.25) is 0 Å². The van der Waals surface area contributed by atoms with Crippen molar-refractivity contribution in [3.63, 3.8) is 0 Å². The molecule has 80 valence electrons. The van der Waals surface area contributed by atoms with Crippen LogP contribution in [0.1, 0.15) is 47.2 Å². The van der Waals surface area contributed by atoms with Crippen LogP contribution in [0.3, 0.4) is 0 Å². The summed E-state index contributed by atoms with van der Waals surface area (Å²) in [5.74, 6) is 0.782. The zero-order valence-corrected chi connectivity index (χ0v) is 10.0. The second-order valence-corrected chi connectivity index (χ2v) is 5.77. The number of aromatic nitrogens is 2. The van der Waals surface area contributed by atoms with E-state index in [0.29, 0.717) is 0 Å². The molecule has 1 aromatic heterocycles. The predicted molar refractivity (Wildman–Crippen MR) is 60.3 cm³/mol. The van der Waals surface area contributed by atoms with Gasteiger partial charge in [0.05, 0.1) is 12.0 Å². The van der Waals surface area contributed by atoms with Crippen molar-refractivity contribution in [3.8, 4) is 0 Å². The molecule has 0 amide bonds. The third-order valence-corrected chi connectivity index (χ3v) is 2.24. The summed E-state index contributed by atoms with van der Waals surface area (Å²) in [6.45, 7) is 12.7. The summed E-state index contributed by atoms with van der Waals surface area (Å²) in [6.07, 6.45) is 1.83. The Morgan fingerprint density at radius 2 is 1.64 bits per heavy atom. The summed E-state index contributed by atoms with van der Waals surface area (Å²) >= 11 is 0. The molecule has 0 aromatic carbocycles. The molecule has 0 bridgehead atoms. The van der Waals surface area contributed by atoms with E-state index in [1.165, 1.54) is 0 Å². The van der Waals surface area contributed by atoms with Crippen molar-refractivity contribution < 1.29 is 0 Å². The van der Waals surface area contributed by atoms with E-state index in [4.69, 9.17) is 5.73 Å². The van der Waals surface area contributed by atoms with Gasteiger partial charge in [-0.05, 0) is 20.8 Å². The van der Waals surface area contributed by atoms with Crippen LogP contribution in [-0.2, 0) is 11.0 Å². The first kappa shape index (κ1) is 11.1. The number of imidazole rings is 1. The summed E-state index contributed by atoms with van der Waals surface area (Å²) in [5.41, 5.74) is 7.07. The second-order valence-electron chi connectivity index (χ2n) is 5.77. The summed E-state index contributed by atoms with van der Waals surface area (Å²) < 4.78 is 2.02.